The second-order valence-electron chi connectivity index (χ2n) is 9.39. The van der Waals surface area contributed by atoms with E-state index in [9.17, 15) is 4.79 Å². The van der Waals surface area contributed by atoms with Gasteiger partial charge in [0.25, 0.3) is 0 Å². The molecule has 0 bridgehead atoms. The van der Waals surface area contributed by atoms with E-state index in [2.05, 4.69) is 25.3 Å². The van der Waals surface area contributed by atoms with Crippen molar-refractivity contribution in [3.63, 3.8) is 0 Å². The minimum atomic E-state index is -0.401. The first-order valence-electron chi connectivity index (χ1n) is 12.6. The molecule has 0 radical (unpaired) electrons. The molecular formula is C27H26ClN9OS. The lowest BCUT2D eigenvalue weighted by Crippen LogP contribution is -2.40. The number of hydrogen-bond donors (Lipinski definition) is 3. The molecule has 10 nitrogen and oxygen atoms in total. The van der Waals surface area contributed by atoms with E-state index in [1.807, 2.05) is 42.2 Å². The number of aromatic nitrogens is 6. The zero-order chi connectivity index (χ0) is 26.9. The van der Waals surface area contributed by atoms with Gasteiger partial charge in [-0.1, -0.05) is 24.6 Å². The summed E-state index contributed by atoms with van der Waals surface area (Å²) in [4.78, 5) is 42.0. The van der Waals surface area contributed by atoms with Gasteiger partial charge in [-0.25, -0.2) is 9.97 Å². The molecule has 5 aromatic rings. The molecule has 198 valence electrons. The van der Waals surface area contributed by atoms with Gasteiger partial charge in [0.1, 0.15) is 11.5 Å². The molecule has 6 rings (SSSR count). The van der Waals surface area contributed by atoms with Crippen LogP contribution in [0, 0.1) is 5.92 Å². The number of carbonyl (C=O) groups is 1. The normalized spacial score (nSPS) is 17.3. The number of rotatable bonds is 7. The van der Waals surface area contributed by atoms with Crippen molar-refractivity contribution in [2.45, 2.75) is 36.0 Å². The summed E-state index contributed by atoms with van der Waals surface area (Å²) in [5.41, 5.74) is 10.6. The molecule has 1 amide bonds. The van der Waals surface area contributed by atoms with E-state index in [1.165, 1.54) is 11.8 Å². The lowest BCUT2D eigenvalue weighted by atomic mass is 10.0. The third kappa shape index (κ3) is 5.12. The lowest BCUT2D eigenvalue weighted by Gasteiger charge is -2.19. The van der Waals surface area contributed by atoms with Crippen molar-refractivity contribution in [1.82, 2.24) is 35.2 Å². The predicted molar refractivity (Wildman–Crippen MR) is 152 cm³/mol. The Morgan fingerprint density at radius 3 is 2.87 bits per heavy atom. The van der Waals surface area contributed by atoms with Gasteiger partial charge in [0, 0.05) is 61.1 Å². The number of fused-ring (bicyclic) bond motifs is 2. The maximum Gasteiger partial charge on any atom is 0.226 e. The summed E-state index contributed by atoms with van der Waals surface area (Å²) in [5, 5.41) is 4.86. The van der Waals surface area contributed by atoms with Crippen LogP contribution in [-0.2, 0) is 17.8 Å². The minimum absolute atomic E-state index is 0.0992. The molecule has 1 saturated heterocycles. The molecular weight excluding hydrogens is 534 g/mol. The number of hydrogen-bond acceptors (Lipinski definition) is 9. The Morgan fingerprint density at radius 2 is 2.05 bits per heavy atom. The minimum Gasteiger partial charge on any atom is -0.353 e. The average Bonchev–Trinajstić information content (AvgIpc) is 3.51. The summed E-state index contributed by atoms with van der Waals surface area (Å²) in [6.07, 6.45) is 7.69. The van der Waals surface area contributed by atoms with E-state index < -0.39 is 5.92 Å². The first kappa shape index (κ1) is 25.5. The Bertz CT molecular complexity index is 1660. The third-order valence-electron chi connectivity index (χ3n) is 6.80. The van der Waals surface area contributed by atoms with Crippen molar-refractivity contribution in [3.05, 3.63) is 71.4 Å². The van der Waals surface area contributed by atoms with Crippen LogP contribution in [0.1, 0.15) is 18.2 Å². The summed E-state index contributed by atoms with van der Waals surface area (Å²) in [5.74, 6) is 0.160. The number of nitrogens with one attached hydrogen (secondary N) is 2. The highest BCUT2D eigenvalue weighted by atomic mass is 35.5. The quantitative estimate of drug-likeness (QED) is 0.254. The van der Waals surface area contributed by atoms with Crippen LogP contribution in [0.5, 0.6) is 0 Å². The van der Waals surface area contributed by atoms with Crippen molar-refractivity contribution in [2.75, 3.05) is 18.0 Å². The molecule has 5 aromatic heterocycles. The molecule has 0 saturated carbocycles. The monoisotopic (exact) mass is 559 g/mol. The molecule has 0 unspecified atom stereocenters. The number of pyridine rings is 3. The van der Waals surface area contributed by atoms with Crippen LogP contribution in [0.15, 0.2) is 65.2 Å². The highest BCUT2D eigenvalue weighted by Gasteiger charge is 2.37. The standard InChI is InChI=1S/C27H26ClN9OS/c1-2-19-23(28)22-24(34-19)35-27(39-16-9-21-20(32-12-16)6-4-8-31-21)36-25(22)37-13-17(18(29)14-37)26(38)33-11-15-5-3-7-30-10-15/h3-10,12,17-18H,2,11,13-14,29H2,1H3,(H,33,38)(H,34,35,36)/t17-,18+/m1/s1. The van der Waals surface area contributed by atoms with Crippen LogP contribution >= 0.6 is 23.4 Å². The number of aromatic amines is 1. The van der Waals surface area contributed by atoms with E-state index in [4.69, 9.17) is 27.3 Å². The van der Waals surface area contributed by atoms with Crippen molar-refractivity contribution < 1.29 is 4.79 Å². The molecule has 4 N–H and O–H groups in total. The Labute approximate surface area is 233 Å². The topological polar surface area (TPSA) is 139 Å². The number of H-pyrrole nitrogens is 1. The van der Waals surface area contributed by atoms with Crippen LogP contribution in [0.2, 0.25) is 5.02 Å². The molecule has 0 spiro atoms. The van der Waals surface area contributed by atoms with E-state index in [0.717, 1.165) is 39.0 Å². The van der Waals surface area contributed by atoms with Gasteiger partial charge in [0.15, 0.2) is 5.16 Å². The summed E-state index contributed by atoms with van der Waals surface area (Å²) < 4.78 is 0. The summed E-state index contributed by atoms with van der Waals surface area (Å²) in [6, 6.07) is 9.15. The lowest BCUT2D eigenvalue weighted by molar-refractivity contribution is -0.124. The Morgan fingerprint density at radius 1 is 1.18 bits per heavy atom. The van der Waals surface area contributed by atoms with Crippen molar-refractivity contribution in [2.24, 2.45) is 11.7 Å². The molecule has 1 fully saturated rings. The van der Waals surface area contributed by atoms with Gasteiger partial charge < -0.3 is 20.9 Å². The van der Waals surface area contributed by atoms with E-state index in [0.29, 0.717) is 41.3 Å². The number of aryl methyl sites for hydroxylation is 1. The smallest absolute Gasteiger partial charge is 0.226 e. The molecule has 0 aliphatic carbocycles. The Hall–Kier alpha value is -3.80. The number of amides is 1. The second-order valence-corrected chi connectivity index (χ2v) is 10.8. The fraction of sp³-hybridized carbons (Fsp3) is 0.259. The van der Waals surface area contributed by atoms with E-state index >= 15 is 0 Å². The highest BCUT2D eigenvalue weighted by molar-refractivity contribution is 7.99. The van der Waals surface area contributed by atoms with Gasteiger partial charge in [-0.3, -0.25) is 19.7 Å². The number of nitrogens with two attached hydrogens (primary N) is 1. The van der Waals surface area contributed by atoms with E-state index in [-0.39, 0.29) is 11.9 Å². The van der Waals surface area contributed by atoms with Crippen LogP contribution < -0.4 is 16.0 Å². The van der Waals surface area contributed by atoms with E-state index in [1.54, 1.807) is 24.8 Å². The summed E-state index contributed by atoms with van der Waals surface area (Å²) in [7, 11) is 0. The third-order valence-corrected chi connectivity index (χ3v) is 8.04. The molecule has 2 atom stereocenters. The zero-order valence-corrected chi connectivity index (χ0v) is 22.7. The van der Waals surface area contributed by atoms with Gasteiger partial charge in [-0.05, 0) is 48.0 Å². The number of nitrogens with zero attached hydrogens (tertiary/aromatic N) is 6. The maximum atomic E-state index is 13.1. The fourth-order valence-electron chi connectivity index (χ4n) is 4.79. The van der Waals surface area contributed by atoms with Crippen LogP contribution in [0.25, 0.3) is 22.1 Å². The molecule has 1 aliphatic rings. The highest BCUT2D eigenvalue weighted by Crippen LogP contribution is 2.38. The largest absolute Gasteiger partial charge is 0.353 e. The van der Waals surface area contributed by atoms with Crippen LogP contribution in [0.4, 0.5) is 5.82 Å². The number of anilines is 1. The molecule has 39 heavy (non-hydrogen) atoms. The predicted octanol–water partition coefficient (Wildman–Crippen LogP) is 3.74. The van der Waals surface area contributed by atoms with Gasteiger partial charge in [0.2, 0.25) is 5.91 Å². The molecule has 0 aromatic carbocycles. The zero-order valence-electron chi connectivity index (χ0n) is 21.1. The number of halogens is 1. The van der Waals surface area contributed by atoms with Gasteiger partial charge in [0.05, 0.1) is 27.4 Å². The second kappa shape index (κ2) is 10.8. The molecule has 12 heteroatoms. The van der Waals surface area contributed by atoms with Crippen LogP contribution in [-0.4, -0.2) is 54.9 Å². The number of carbonyl (C=O) groups excluding carboxylic acids is 1. The first-order chi connectivity index (χ1) is 19.0. The maximum absolute atomic E-state index is 13.1. The average molecular weight is 560 g/mol. The molecule has 1 aliphatic heterocycles. The first-order valence-corrected chi connectivity index (χ1v) is 13.8. The fourth-order valence-corrected chi connectivity index (χ4v) is 5.90. The van der Waals surface area contributed by atoms with Crippen molar-refractivity contribution in [1.29, 1.82) is 0 Å². The van der Waals surface area contributed by atoms with Gasteiger partial charge >= 0.3 is 0 Å². The van der Waals surface area contributed by atoms with Crippen molar-refractivity contribution >= 4 is 57.2 Å². The van der Waals surface area contributed by atoms with Crippen molar-refractivity contribution in [3.8, 4) is 0 Å². The van der Waals surface area contributed by atoms with Gasteiger partial charge in [-0.2, -0.15) is 0 Å². The molecule has 6 heterocycles. The SMILES string of the molecule is CCc1[nH]c2nc(Sc3cnc4cccnc4c3)nc(N3C[C@H](N)[C@H](C(=O)NCc4cccnc4)C3)c2c1Cl. The summed E-state index contributed by atoms with van der Waals surface area (Å²) in [6.45, 7) is 3.31. The Balaban J connectivity index is 1.30. The van der Waals surface area contributed by atoms with Crippen LogP contribution in [0.3, 0.4) is 0 Å². The Kier molecular flexibility index (Phi) is 7.03. The van der Waals surface area contributed by atoms with Gasteiger partial charge in [-0.15, -0.1) is 0 Å². The summed E-state index contributed by atoms with van der Waals surface area (Å²) >= 11 is 8.19.